The number of carboxylic acid groups (broad SMARTS) is 1. The van der Waals surface area contributed by atoms with Gasteiger partial charge in [0.1, 0.15) is 6.04 Å². The molecule has 0 heterocycles. The standard InChI is InChI=1S/C7H7F6NO3/c8-6(9,10)2-1-3(4(15)16)14-5(17)7(11,12)13/h3H,1-2H2,(H,14,17)(H,15,16)/t3-/m0/s1. The maximum Gasteiger partial charge on any atom is 0.471 e. The number of carboxylic acids is 1. The van der Waals surface area contributed by atoms with Crippen LogP contribution in [0.2, 0.25) is 0 Å². The lowest BCUT2D eigenvalue weighted by atomic mass is 10.1. The van der Waals surface area contributed by atoms with Gasteiger partial charge in [-0.25, -0.2) is 4.79 Å². The Bertz CT molecular complexity index is 297. The van der Waals surface area contributed by atoms with Gasteiger partial charge < -0.3 is 10.4 Å². The van der Waals surface area contributed by atoms with Gasteiger partial charge in [0.15, 0.2) is 0 Å². The highest BCUT2D eigenvalue weighted by Gasteiger charge is 2.41. The fourth-order valence-electron chi connectivity index (χ4n) is 0.805. The summed E-state index contributed by atoms with van der Waals surface area (Å²) in [6.07, 6.45) is -12.8. The molecule has 17 heavy (non-hydrogen) atoms. The summed E-state index contributed by atoms with van der Waals surface area (Å²) in [5.74, 6) is -4.56. The van der Waals surface area contributed by atoms with Gasteiger partial charge in [-0.05, 0) is 6.42 Å². The second-order valence-electron chi connectivity index (χ2n) is 3.02. The van der Waals surface area contributed by atoms with E-state index < -0.39 is 43.1 Å². The minimum atomic E-state index is -5.34. The number of alkyl halides is 6. The van der Waals surface area contributed by atoms with Crippen molar-refractivity contribution in [2.24, 2.45) is 0 Å². The van der Waals surface area contributed by atoms with Crippen LogP contribution in [0, 0.1) is 0 Å². The third kappa shape index (κ3) is 6.64. The number of carbonyl (C=O) groups excluding carboxylic acids is 1. The number of hydrogen-bond acceptors (Lipinski definition) is 2. The van der Waals surface area contributed by atoms with Crippen molar-refractivity contribution in [1.82, 2.24) is 5.32 Å². The summed E-state index contributed by atoms with van der Waals surface area (Å²) in [6.45, 7) is 0. The molecule has 0 rings (SSSR count). The maximum atomic E-state index is 11.7. The summed E-state index contributed by atoms with van der Waals surface area (Å²) < 4.78 is 70.3. The largest absolute Gasteiger partial charge is 0.480 e. The first kappa shape index (κ1) is 15.5. The molecule has 100 valence electrons. The molecule has 0 aromatic heterocycles. The number of rotatable bonds is 4. The van der Waals surface area contributed by atoms with Crippen molar-refractivity contribution in [2.75, 3.05) is 0 Å². The maximum absolute atomic E-state index is 11.7. The summed E-state index contributed by atoms with van der Waals surface area (Å²) in [6, 6.07) is -2.23. The Labute approximate surface area is 90.6 Å². The zero-order chi connectivity index (χ0) is 13.9. The van der Waals surface area contributed by atoms with Crippen LogP contribution >= 0.6 is 0 Å². The van der Waals surface area contributed by atoms with Crippen LogP contribution in [0.25, 0.3) is 0 Å². The van der Waals surface area contributed by atoms with E-state index in [9.17, 15) is 35.9 Å². The van der Waals surface area contributed by atoms with Gasteiger partial charge in [-0.15, -0.1) is 0 Å². The average Bonchev–Trinajstić information content (AvgIpc) is 2.07. The van der Waals surface area contributed by atoms with Crippen molar-refractivity contribution in [1.29, 1.82) is 0 Å². The van der Waals surface area contributed by atoms with Crippen LogP contribution in [-0.2, 0) is 9.59 Å². The Morgan fingerprint density at radius 1 is 1.12 bits per heavy atom. The predicted molar refractivity (Wildman–Crippen MR) is 40.9 cm³/mol. The molecule has 1 amide bonds. The molecule has 0 unspecified atom stereocenters. The van der Waals surface area contributed by atoms with E-state index in [1.165, 1.54) is 0 Å². The van der Waals surface area contributed by atoms with E-state index in [2.05, 4.69) is 0 Å². The number of nitrogens with one attached hydrogen (secondary N) is 1. The normalized spacial score (nSPS) is 14.2. The molecule has 0 aromatic rings. The molecule has 0 aliphatic heterocycles. The van der Waals surface area contributed by atoms with E-state index >= 15 is 0 Å². The van der Waals surface area contributed by atoms with Crippen LogP contribution in [-0.4, -0.2) is 35.4 Å². The molecule has 0 aromatic carbocycles. The number of halogens is 6. The fourth-order valence-corrected chi connectivity index (χ4v) is 0.805. The third-order valence-corrected chi connectivity index (χ3v) is 1.58. The van der Waals surface area contributed by atoms with Crippen LogP contribution in [0.1, 0.15) is 12.8 Å². The molecular weight excluding hydrogens is 260 g/mol. The zero-order valence-corrected chi connectivity index (χ0v) is 8.02. The van der Waals surface area contributed by atoms with Gasteiger partial charge in [-0.2, -0.15) is 26.3 Å². The first-order valence-electron chi connectivity index (χ1n) is 4.10. The molecule has 0 saturated heterocycles. The average molecular weight is 267 g/mol. The van der Waals surface area contributed by atoms with Crippen LogP contribution in [0.4, 0.5) is 26.3 Å². The molecular formula is C7H7F6NO3. The first-order chi connectivity index (χ1) is 7.43. The smallest absolute Gasteiger partial charge is 0.471 e. The van der Waals surface area contributed by atoms with E-state index in [0.29, 0.717) is 0 Å². The van der Waals surface area contributed by atoms with E-state index in [0.717, 1.165) is 5.32 Å². The molecule has 0 spiro atoms. The number of amides is 1. The van der Waals surface area contributed by atoms with Crippen LogP contribution in [0.5, 0.6) is 0 Å². The van der Waals surface area contributed by atoms with E-state index in [1.54, 1.807) is 0 Å². The SMILES string of the molecule is O=C(O)[C@H](CCC(F)(F)F)NC(=O)C(F)(F)F. The van der Waals surface area contributed by atoms with Crippen LogP contribution in [0.15, 0.2) is 0 Å². The molecule has 0 fully saturated rings. The van der Waals surface area contributed by atoms with Gasteiger partial charge in [0.05, 0.1) is 0 Å². The quantitative estimate of drug-likeness (QED) is 0.758. The number of hydrogen-bond donors (Lipinski definition) is 2. The molecule has 4 nitrogen and oxygen atoms in total. The van der Waals surface area contributed by atoms with Crippen molar-refractivity contribution < 1.29 is 41.0 Å². The van der Waals surface area contributed by atoms with Gasteiger partial charge in [0, 0.05) is 6.42 Å². The Morgan fingerprint density at radius 3 is 1.88 bits per heavy atom. The highest BCUT2D eigenvalue weighted by Crippen LogP contribution is 2.23. The molecule has 1 atom stereocenters. The van der Waals surface area contributed by atoms with Crippen molar-refractivity contribution in [3.05, 3.63) is 0 Å². The Morgan fingerprint density at radius 2 is 1.59 bits per heavy atom. The van der Waals surface area contributed by atoms with Crippen molar-refractivity contribution >= 4 is 11.9 Å². The van der Waals surface area contributed by atoms with Gasteiger partial charge >= 0.3 is 24.2 Å². The topological polar surface area (TPSA) is 66.4 Å². The molecule has 0 bridgehead atoms. The summed E-state index contributed by atoms with van der Waals surface area (Å²) >= 11 is 0. The summed E-state index contributed by atoms with van der Waals surface area (Å²) in [5.41, 5.74) is 0. The minimum Gasteiger partial charge on any atom is -0.480 e. The third-order valence-electron chi connectivity index (χ3n) is 1.58. The van der Waals surface area contributed by atoms with Crippen molar-refractivity contribution in [2.45, 2.75) is 31.2 Å². The lowest BCUT2D eigenvalue weighted by molar-refractivity contribution is -0.176. The molecule has 0 aliphatic rings. The van der Waals surface area contributed by atoms with Gasteiger partial charge in [-0.3, -0.25) is 4.79 Å². The number of carbonyl (C=O) groups is 2. The summed E-state index contributed by atoms with van der Waals surface area (Å²) in [5, 5.41) is 9.30. The highest BCUT2D eigenvalue weighted by molar-refractivity contribution is 5.86. The Hall–Kier alpha value is -1.48. The molecule has 0 radical (unpaired) electrons. The lowest BCUT2D eigenvalue weighted by Gasteiger charge is -2.16. The van der Waals surface area contributed by atoms with Gasteiger partial charge in [0.25, 0.3) is 0 Å². The highest BCUT2D eigenvalue weighted by atomic mass is 19.4. The van der Waals surface area contributed by atoms with E-state index in [-0.39, 0.29) is 0 Å². The van der Waals surface area contributed by atoms with Gasteiger partial charge in [0.2, 0.25) is 0 Å². The second-order valence-corrected chi connectivity index (χ2v) is 3.02. The Kier molecular flexibility index (Phi) is 4.78. The number of aliphatic carboxylic acids is 1. The van der Waals surface area contributed by atoms with Crippen molar-refractivity contribution in [3.8, 4) is 0 Å². The molecule has 10 heteroatoms. The van der Waals surface area contributed by atoms with Crippen molar-refractivity contribution in [3.63, 3.8) is 0 Å². The second kappa shape index (κ2) is 5.23. The molecule has 0 aliphatic carbocycles. The van der Waals surface area contributed by atoms with Crippen LogP contribution in [0.3, 0.4) is 0 Å². The minimum absolute atomic E-state index is 0.966. The van der Waals surface area contributed by atoms with Gasteiger partial charge in [-0.1, -0.05) is 0 Å². The zero-order valence-electron chi connectivity index (χ0n) is 8.02. The fraction of sp³-hybridized carbons (Fsp3) is 0.714. The first-order valence-corrected chi connectivity index (χ1v) is 4.10. The lowest BCUT2D eigenvalue weighted by Crippen LogP contribution is -2.47. The molecule has 2 N–H and O–H groups in total. The Balaban J connectivity index is 4.47. The van der Waals surface area contributed by atoms with Crippen LogP contribution < -0.4 is 5.32 Å². The summed E-state index contributed by atoms with van der Waals surface area (Å²) in [7, 11) is 0. The molecule has 0 saturated carbocycles. The predicted octanol–water partition coefficient (Wildman–Crippen LogP) is 1.46. The van der Waals surface area contributed by atoms with E-state index in [1.807, 2.05) is 0 Å². The monoisotopic (exact) mass is 267 g/mol. The van der Waals surface area contributed by atoms with E-state index in [4.69, 9.17) is 5.11 Å². The summed E-state index contributed by atoms with van der Waals surface area (Å²) in [4.78, 5) is 20.7.